The van der Waals surface area contributed by atoms with Crippen LogP contribution in [0.4, 0.5) is 0 Å². The van der Waals surface area contributed by atoms with Gasteiger partial charge in [-0.05, 0) is 36.0 Å². The SMILES string of the molecule is CC.Cc1cccc2c1COCCC2C. The fraction of sp³-hybridized carbons (Fsp3) is 0.571. The van der Waals surface area contributed by atoms with Crippen molar-refractivity contribution in [2.45, 2.75) is 46.6 Å². The molecule has 2 rings (SSSR count). The van der Waals surface area contributed by atoms with Gasteiger partial charge in [0.25, 0.3) is 0 Å². The molecule has 15 heavy (non-hydrogen) atoms. The van der Waals surface area contributed by atoms with Crippen molar-refractivity contribution in [3.05, 3.63) is 34.9 Å². The van der Waals surface area contributed by atoms with Crippen LogP contribution in [-0.4, -0.2) is 6.61 Å². The van der Waals surface area contributed by atoms with E-state index in [-0.39, 0.29) is 0 Å². The second-order valence-corrected chi connectivity index (χ2v) is 3.88. The lowest BCUT2D eigenvalue weighted by molar-refractivity contribution is 0.122. The van der Waals surface area contributed by atoms with E-state index in [2.05, 4.69) is 32.0 Å². The normalized spacial score (nSPS) is 19.6. The zero-order valence-corrected chi connectivity index (χ0v) is 10.3. The van der Waals surface area contributed by atoms with Crippen LogP contribution in [0, 0.1) is 6.92 Å². The molecule has 1 atom stereocenters. The van der Waals surface area contributed by atoms with Crippen LogP contribution in [0.5, 0.6) is 0 Å². The van der Waals surface area contributed by atoms with Gasteiger partial charge in [0.2, 0.25) is 0 Å². The number of rotatable bonds is 0. The monoisotopic (exact) mass is 206 g/mol. The Kier molecular flexibility index (Phi) is 4.83. The molecule has 0 amide bonds. The average Bonchev–Trinajstić information content (AvgIpc) is 2.46. The maximum atomic E-state index is 5.57. The van der Waals surface area contributed by atoms with Crippen LogP contribution < -0.4 is 0 Å². The highest BCUT2D eigenvalue weighted by molar-refractivity contribution is 5.36. The number of fused-ring (bicyclic) bond motifs is 1. The summed E-state index contributed by atoms with van der Waals surface area (Å²) in [5.74, 6) is 0.650. The van der Waals surface area contributed by atoms with E-state index in [0.29, 0.717) is 5.92 Å². The number of ether oxygens (including phenoxy) is 1. The van der Waals surface area contributed by atoms with Gasteiger partial charge in [0.05, 0.1) is 6.61 Å². The van der Waals surface area contributed by atoms with E-state index >= 15 is 0 Å². The molecule has 0 aliphatic carbocycles. The predicted molar refractivity (Wildman–Crippen MR) is 65.2 cm³/mol. The zero-order valence-electron chi connectivity index (χ0n) is 10.3. The fourth-order valence-corrected chi connectivity index (χ4v) is 1.97. The molecule has 0 N–H and O–H groups in total. The third kappa shape index (κ3) is 2.82. The summed E-state index contributed by atoms with van der Waals surface area (Å²) in [6.45, 7) is 10.1. The quantitative estimate of drug-likeness (QED) is 0.622. The Hall–Kier alpha value is -0.820. The number of hydrogen-bond donors (Lipinski definition) is 0. The summed E-state index contributed by atoms with van der Waals surface area (Å²) in [6.07, 6.45) is 1.15. The first-order valence-corrected chi connectivity index (χ1v) is 5.95. The van der Waals surface area contributed by atoms with Crippen molar-refractivity contribution in [2.75, 3.05) is 6.61 Å². The third-order valence-corrected chi connectivity index (χ3v) is 2.92. The van der Waals surface area contributed by atoms with E-state index in [9.17, 15) is 0 Å². The standard InChI is InChI=1S/C12H16O.C2H6/c1-9-4-3-5-11-10(2)6-7-13-8-12(9)11;1-2/h3-5,10H,6-8H2,1-2H3;1-2H3. The van der Waals surface area contributed by atoms with Gasteiger partial charge < -0.3 is 4.74 Å². The van der Waals surface area contributed by atoms with E-state index in [0.717, 1.165) is 19.6 Å². The lowest BCUT2D eigenvalue weighted by Crippen LogP contribution is -1.97. The molecule has 0 fully saturated rings. The van der Waals surface area contributed by atoms with Crippen molar-refractivity contribution >= 4 is 0 Å². The van der Waals surface area contributed by atoms with Crippen molar-refractivity contribution in [3.63, 3.8) is 0 Å². The Labute approximate surface area is 93.5 Å². The predicted octanol–water partition coefficient (Wildman–Crippen LogP) is 4.05. The van der Waals surface area contributed by atoms with Crippen LogP contribution in [0.3, 0.4) is 0 Å². The van der Waals surface area contributed by atoms with E-state index in [4.69, 9.17) is 4.74 Å². The topological polar surface area (TPSA) is 9.23 Å². The summed E-state index contributed by atoms with van der Waals surface area (Å²) in [5, 5.41) is 0. The number of aryl methyl sites for hydroxylation is 1. The first-order valence-electron chi connectivity index (χ1n) is 5.95. The van der Waals surface area contributed by atoms with Gasteiger partial charge in [-0.25, -0.2) is 0 Å². The summed E-state index contributed by atoms with van der Waals surface area (Å²) in [6, 6.07) is 6.55. The molecule has 84 valence electrons. The zero-order chi connectivity index (χ0) is 11.3. The number of benzene rings is 1. The van der Waals surface area contributed by atoms with Crippen LogP contribution in [0.25, 0.3) is 0 Å². The molecule has 1 heteroatoms. The molecule has 0 spiro atoms. The Morgan fingerprint density at radius 1 is 1.27 bits per heavy atom. The van der Waals surface area contributed by atoms with E-state index < -0.39 is 0 Å². The second-order valence-electron chi connectivity index (χ2n) is 3.88. The van der Waals surface area contributed by atoms with Crippen molar-refractivity contribution in [1.29, 1.82) is 0 Å². The first-order chi connectivity index (χ1) is 7.29. The van der Waals surface area contributed by atoms with Gasteiger partial charge in [0.1, 0.15) is 0 Å². The van der Waals surface area contributed by atoms with Crippen LogP contribution in [0.2, 0.25) is 0 Å². The molecule has 1 aromatic carbocycles. The average molecular weight is 206 g/mol. The lowest BCUT2D eigenvalue weighted by Gasteiger charge is -2.12. The summed E-state index contributed by atoms with van der Waals surface area (Å²) in [7, 11) is 0. The highest BCUT2D eigenvalue weighted by Gasteiger charge is 2.15. The molecule has 1 aliphatic heterocycles. The minimum absolute atomic E-state index is 0.650. The molecule has 0 saturated heterocycles. The van der Waals surface area contributed by atoms with Crippen LogP contribution in [0.1, 0.15) is 49.8 Å². The molecule has 0 bridgehead atoms. The molecular weight excluding hydrogens is 184 g/mol. The third-order valence-electron chi connectivity index (χ3n) is 2.92. The van der Waals surface area contributed by atoms with Crippen LogP contribution in [-0.2, 0) is 11.3 Å². The van der Waals surface area contributed by atoms with Crippen molar-refractivity contribution in [1.82, 2.24) is 0 Å². The molecule has 0 saturated carbocycles. The van der Waals surface area contributed by atoms with Crippen molar-refractivity contribution in [3.8, 4) is 0 Å². The van der Waals surface area contributed by atoms with E-state index in [1.165, 1.54) is 16.7 Å². The van der Waals surface area contributed by atoms with Gasteiger partial charge in [-0.15, -0.1) is 0 Å². The summed E-state index contributed by atoms with van der Waals surface area (Å²) >= 11 is 0. The lowest BCUT2D eigenvalue weighted by atomic mass is 9.92. The van der Waals surface area contributed by atoms with Gasteiger partial charge in [-0.2, -0.15) is 0 Å². The van der Waals surface area contributed by atoms with E-state index in [1.807, 2.05) is 13.8 Å². The summed E-state index contributed by atoms with van der Waals surface area (Å²) in [4.78, 5) is 0. The molecular formula is C14H22O. The Morgan fingerprint density at radius 3 is 2.73 bits per heavy atom. The van der Waals surface area contributed by atoms with Gasteiger partial charge in [0.15, 0.2) is 0 Å². The van der Waals surface area contributed by atoms with Crippen LogP contribution >= 0.6 is 0 Å². The largest absolute Gasteiger partial charge is 0.377 e. The molecule has 1 unspecified atom stereocenters. The van der Waals surface area contributed by atoms with Crippen molar-refractivity contribution in [2.24, 2.45) is 0 Å². The Morgan fingerprint density at radius 2 is 2.00 bits per heavy atom. The molecule has 1 aliphatic rings. The second kappa shape index (κ2) is 5.92. The minimum atomic E-state index is 0.650. The van der Waals surface area contributed by atoms with Gasteiger partial charge >= 0.3 is 0 Å². The number of hydrogen-bond acceptors (Lipinski definition) is 1. The first kappa shape index (κ1) is 12.3. The van der Waals surface area contributed by atoms with Crippen LogP contribution in [0.15, 0.2) is 18.2 Å². The molecule has 1 aromatic rings. The molecule has 1 heterocycles. The Bertz CT molecular complexity index is 304. The Balaban J connectivity index is 0.000000531. The van der Waals surface area contributed by atoms with Gasteiger partial charge in [-0.1, -0.05) is 39.0 Å². The minimum Gasteiger partial charge on any atom is -0.377 e. The highest BCUT2D eigenvalue weighted by atomic mass is 16.5. The fourth-order valence-electron chi connectivity index (χ4n) is 1.97. The highest BCUT2D eigenvalue weighted by Crippen LogP contribution is 2.28. The molecule has 0 radical (unpaired) electrons. The smallest absolute Gasteiger partial charge is 0.0722 e. The summed E-state index contributed by atoms with van der Waals surface area (Å²) < 4.78 is 5.57. The van der Waals surface area contributed by atoms with E-state index in [1.54, 1.807) is 0 Å². The summed E-state index contributed by atoms with van der Waals surface area (Å²) in [5.41, 5.74) is 4.26. The maximum Gasteiger partial charge on any atom is 0.0722 e. The van der Waals surface area contributed by atoms with Gasteiger partial charge in [0, 0.05) is 6.61 Å². The van der Waals surface area contributed by atoms with Crippen molar-refractivity contribution < 1.29 is 4.74 Å². The molecule has 1 nitrogen and oxygen atoms in total. The van der Waals surface area contributed by atoms with Gasteiger partial charge in [-0.3, -0.25) is 0 Å². The molecule has 0 aromatic heterocycles. The maximum absolute atomic E-state index is 5.57.